The fraction of sp³-hybridized carbons (Fsp3) is 0.923. The van der Waals surface area contributed by atoms with Gasteiger partial charge in [0.05, 0.1) is 0 Å². The molecular weight excluding hydrogens is 310 g/mol. The molecule has 8 heteroatoms. The monoisotopic (exact) mass is 333 g/mol. The highest BCUT2D eigenvalue weighted by Gasteiger charge is 2.24. The van der Waals surface area contributed by atoms with Crippen molar-refractivity contribution in [3.05, 3.63) is 9.81 Å². The second kappa shape index (κ2) is 11.0. The number of amides is 1. The molecule has 0 N–H and O–H groups in total. The zero-order chi connectivity index (χ0) is 15.5. The summed E-state index contributed by atoms with van der Waals surface area (Å²) in [5.41, 5.74) is 0. The van der Waals surface area contributed by atoms with Crippen LogP contribution in [0.25, 0.3) is 0 Å². The highest BCUT2D eigenvalue weighted by Crippen LogP contribution is 2.24. The van der Waals surface area contributed by atoms with Gasteiger partial charge < -0.3 is 4.90 Å². The number of carbonyl (C=O) groups excluding carboxylic acids is 1. The molecule has 1 aliphatic heterocycles. The first-order chi connectivity index (χ1) is 10.2. The van der Waals surface area contributed by atoms with Crippen molar-refractivity contribution < 1.29 is 4.79 Å². The Hall–Kier alpha value is -0.630. The zero-order valence-corrected chi connectivity index (χ0v) is 14.0. The minimum Gasteiger partial charge on any atom is -0.340 e. The van der Waals surface area contributed by atoms with Gasteiger partial charge in [0, 0.05) is 63.1 Å². The van der Waals surface area contributed by atoms with E-state index < -0.39 is 0 Å². The minimum atomic E-state index is 0.123. The number of hydrogen-bond donors (Lipinski definition) is 0. The van der Waals surface area contributed by atoms with Crippen molar-refractivity contribution in [1.29, 1.82) is 0 Å². The molecule has 0 radical (unpaired) electrons. The third kappa shape index (κ3) is 7.26. The molecule has 0 aromatic rings. The maximum Gasteiger partial charge on any atom is 0.222 e. The Balaban J connectivity index is 2.16. The largest absolute Gasteiger partial charge is 0.340 e. The van der Waals surface area contributed by atoms with Gasteiger partial charge in [-0.25, -0.2) is 0 Å². The molecule has 6 nitrogen and oxygen atoms in total. The van der Waals surface area contributed by atoms with Gasteiger partial charge in [-0.1, -0.05) is 6.42 Å². The Kier molecular flexibility index (Phi) is 9.65. The average Bonchev–Trinajstić information content (AvgIpc) is 2.89. The van der Waals surface area contributed by atoms with Crippen LogP contribution in [0, 0.1) is 9.81 Å². The Morgan fingerprint density at radius 1 is 1.29 bits per heavy atom. The lowest BCUT2D eigenvalue weighted by Gasteiger charge is -2.21. The first-order valence-corrected chi connectivity index (χ1v) is 9.19. The molecule has 1 rings (SSSR count). The standard InChI is InChI=1S/C13H23N3O3S2/c1-11-5-4-9-16(11)13(17)7-3-2-6-12(21-15-19)8-10-20-14-18/h11-12H,2-10H2,1H3. The summed E-state index contributed by atoms with van der Waals surface area (Å²) >= 11 is 2.00. The zero-order valence-electron chi connectivity index (χ0n) is 12.4. The lowest BCUT2D eigenvalue weighted by atomic mass is 10.1. The first kappa shape index (κ1) is 18.4. The van der Waals surface area contributed by atoms with E-state index >= 15 is 0 Å². The second-order valence-corrected chi connectivity index (χ2v) is 7.16. The second-order valence-electron chi connectivity index (χ2n) is 5.32. The Morgan fingerprint density at radius 3 is 2.71 bits per heavy atom. The first-order valence-electron chi connectivity index (χ1n) is 7.41. The van der Waals surface area contributed by atoms with E-state index in [0.717, 1.165) is 69.0 Å². The van der Waals surface area contributed by atoms with E-state index in [1.807, 2.05) is 4.90 Å². The van der Waals surface area contributed by atoms with E-state index in [9.17, 15) is 14.6 Å². The van der Waals surface area contributed by atoms with E-state index in [2.05, 4.69) is 16.1 Å². The summed E-state index contributed by atoms with van der Waals surface area (Å²) in [5, 5.41) is 0.123. The van der Waals surface area contributed by atoms with Crippen molar-refractivity contribution in [2.75, 3.05) is 12.3 Å². The molecule has 21 heavy (non-hydrogen) atoms. The quantitative estimate of drug-likeness (QED) is 0.322. The van der Waals surface area contributed by atoms with Gasteiger partial charge in [0.2, 0.25) is 5.91 Å². The lowest BCUT2D eigenvalue weighted by Crippen LogP contribution is -2.33. The molecule has 0 aliphatic carbocycles. The van der Waals surface area contributed by atoms with Gasteiger partial charge in [-0.15, -0.1) is 9.81 Å². The van der Waals surface area contributed by atoms with Crippen LogP contribution in [0.5, 0.6) is 0 Å². The van der Waals surface area contributed by atoms with Gasteiger partial charge in [0.15, 0.2) is 0 Å². The molecule has 0 bridgehead atoms. The topological polar surface area (TPSA) is 79.2 Å². The van der Waals surface area contributed by atoms with Gasteiger partial charge in [0.25, 0.3) is 0 Å². The fourth-order valence-corrected chi connectivity index (χ4v) is 3.86. The van der Waals surface area contributed by atoms with Crippen LogP contribution >= 0.6 is 23.9 Å². The summed E-state index contributed by atoms with van der Waals surface area (Å²) in [5.74, 6) is 0.861. The predicted molar refractivity (Wildman–Crippen MR) is 88.9 cm³/mol. The number of nitrogens with zero attached hydrogens (tertiary/aromatic N) is 3. The number of hydrogen-bond acceptors (Lipinski definition) is 7. The molecule has 0 aromatic heterocycles. The van der Waals surface area contributed by atoms with E-state index in [1.165, 1.54) is 0 Å². The summed E-state index contributed by atoms with van der Waals surface area (Å²) in [6.07, 6.45) is 6.14. The molecule has 120 valence electrons. The van der Waals surface area contributed by atoms with E-state index in [-0.39, 0.29) is 11.2 Å². The number of nitroso groups, excluding NO2 is 2. The maximum absolute atomic E-state index is 12.0. The summed E-state index contributed by atoms with van der Waals surface area (Å²) < 4.78 is 5.61. The SMILES string of the molecule is CC1CCCN1C(=O)CCCCC(CCSN=O)SN=O. The van der Waals surface area contributed by atoms with Crippen molar-refractivity contribution in [1.82, 2.24) is 4.90 Å². The van der Waals surface area contributed by atoms with Crippen LogP contribution in [0.1, 0.15) is 51.9 Å². The highest BCUT2D eigenvalue weighted by atomic mass is 32.2. The molecule has 2 unspecified atom stereocenters. The normalized spacial score (nSPS) is 19.5. The van der Waals surface area contributed by atoms with Crippen molar-refractivity contribution >= 4 is 29.8 Å². The molecule has 1 aliphatic rings. The van der Waals surface area contributed by atoms with Crippen LogP contribution in [0.4, 0.5) is 0 Å². The number of likely N-dealkylation sites (tertiary alicyclic amines) is 1. The maximum atomic E-state index is 12.0. The van der Waals surface area contributed by atoms with E-state index in [4.69, 9.17) is 0 Å². The van der Waals surface area contributed by atoms with Crippen LogP contribution in [-0.4, -0.2) is 34.4 Å². The molecule has 1 heterocycles. The van der Waals surface area contributed by atoms with Crippen LogP contribution in [0.3, 0.4) is 0 Å². The fourth-order valence-electron chi connectivity index (χ4n) is 2.63. The Bertz CT molecular complexity index is 345. The smallest absolute Gasteiger partial charge is 0.222 e. The Morgan fingerprint density at radius 2 is 2.10 bits per heavy atom. The number of rotatable bonds is 11. The van der Waals surface area contributed by atoms with Crippen LogP contribution in [0.2, 0.25) is 0 Å². The highest BCUT2D eigenvalue weighted by molar-refractivity contribution is 7.99. The summed E-state index contributed by atoms with van der Waals surface area (Å²) in [7, 11) is 0. The lowest BCUT2D eigenvalue weighted by molar-refractivity contribution is -0.131. The van der Waals surface area contributed by atoms with Crippen molar-refractivity contribution in [3.8, 4) is 0 Å². The average molecular weight is 333 g/mol. The van der Waals surface area contributed by atoms with E-state index in [1.54, 1.807) is 0 Å². The van der Waals surface area contributed by atoms with Crippen molar-refractivity contribution in [2.24, 2.45) is 9.16 Å². The third-order valence-electron chi connectivity index (χ3n) is 3.82. The third-order valence-corrected chi connectivity index (χ3v) is 5.20. The molecule has 1 fully saturated rings. The van der Waals surface area contributed by atoms with Crippen LogP contribution in [-0.2, 0) is 4.79 Å². The Labute approximate surface area is 134 Å². The van der Waals surface area contributed by atoms with Crippen LogP contribution in [0.15, 0.2) is 9.16 Å². The van der Waals surface area contributed by atoms with Crippen LogP contribution < -0.4 is 0 Å². The van der Waals surface area contributed by atoms with Gasteiger partial charge in [-0.3, -0.25) is 4.79 Å². The molecule has 0 saturated carbocycles. The van der Waals surface area contributed by atoms with Gasteiger partial charge in [-0.05, 0) is 39.0 Å². The van der Waals surface area contributed by atoms with E-state index in [0.29, 0.717) is 18.2 Å². The molecule has 2 atom stereocenters. The van der Waals surface area contributed by atoms with Crippen molar-refractivity contribution in [2.45, 2.75) is 63.2 Å². The molecule has 1 amide bonds. The molecular formula is C13H23N3O3S2. The molecule has 0 spiro atoms. The minimum absolute atomic E-state index is 0.123. The van der Waals surface area contributed by atoms with Gasteiger partial charge >= 0.3 is 0 Å². The molecule has 0 aromatic carbocycles. The summed E-state index contributed by atoms with van der Waals surface area (Å²) in [6.45, 7) is 3.00. The predicted octanol–water partition coefficient (Wildman–Crippen LogP) is 4.15. The summed E-state index contributed by atoms with van der Waals surface area (Å²) in [6, 6.07) is 0.382. The summed E-state index contributed by atoms with van der Waals surface area (Å²) in [4.78, 5) is 34.4. The van der Waals surface area contributed by atoms with Gasteiger partial charge in [-0.2, -0.15) is 0 Å². The number of carbonyl (C=O) groups is 1. The number of unbranched alkanes of at least 4 members (excludes halogenated alkanes) is 1. The molecule has 1 saturated heterocycles. The van der Waals surface area contributed by atoms with Gasteiger partial charge in [0.1, 0.15) is 0 Å². The van der Waals surface area contributed by atoms with Crippen molar-refractivity contribution in [3.63, 3.8) is 0 Å².